The maximum absolute atomic E-state index is 9.17. The Labute approximate surface area is 193 Å². The first-order chi connectivity index (χ1) is 16.2. The van der Waals surface area contributed by atoms with Gasteiger partial charge < -0.3 is 10.6 Å². The number of allylic oxidation sites excluding steroid dienone is 2. The van der Waals surface area contributed by atoms with Crippen molar-refractivity contribution in [1.29, 1.82) is 5.26 Å². The van der Waals surface area contributed by atoms with E-state index in [9.17, 15) is 0 Å². The maximum Gasteiger partial charge on any atom is 0.135 e. The standard InChI is InChI=1S/C28H23N5/c1-19-13-23(9-11-30-19)22-7-5-20(6-8-22)17-33-28-26-18-32-27(15-24(26)10-12-31-28)25-4-2-3-21(14-25)16-29/h2-15,18-19,30H,17H2,1H3,(H,31,33). The van der Waals surface area contributed by atoms with Crippen molar-refractivity contribution in [2.75, 3.05) is 5.32 Å². The highest BCUT2D eigenvalue weighted by Crippen LogP contribution is 2.26. The van der Waals surface area contributed by atoms with E-state index >= 15 is 0 Å². The number of dihydropyridines is 1. The molecule has 1 atom stereocenters. The van der Waals surface area contributed by atoms with Crippen molar-refractivity contribution in [1.82, 2.24) is 15.3 Å². The van der Waals surface area contributed by atoms with Crippen LogP contribution in [-0.4, -0.2) is 16.0 Å². The zero-order valence-electron chi connectivity index (χ0n) is 18.3. The SMILES string of the molecule is CC1C=C(c2ccc(CNc3nccc4cc(-c5cccc(C#N)c5)ncc34)cc2)C=CN1. The fourth-order valence-corrected chi connectivity index (χ4v) is 3.97. The Morgan fingerprint density at radius 1 is 1.03 bits per heavy atom. The molecule has 1 aliphatic heterocycles. The maximum atomic E-state index is 9.17. The van der Waals surface area contributed by atoms with Crippen LogP contribution >= 0.6 is 0 Å². The number of nitrogens with one attached hydrogen (secondary N) is 2. The summed E-state index contributed by atoms with van der Waals surface area (Å²) in [5.41, 5.74) is 6.02. The molecule has 33 heavy (non-hydrogen) atoms. The average Bonchev–Trinajstić information content (AvgIpc) is 2.87. The van der Waals surface area contributed by atoms with Gasteiger partial charge in [-0.05, 0) is 65.6 Å². The van der Waals surface area contributed by atoms with Crippen molar-refractivity contribution in [2.24, 2.45) is 0 Å². The van der Waals surface area contributed by atoms with Crippen molar-refractivity contribution >= 4 is 22.2 Å². The Morgan fingerprint density at radius 3 is 2.73 bits per heavy atom. The summed E-state index contributed by atoms with van der Waals surface area (Å²) in [6.45, 7) is 2.81. The Balaban J connectivity index is 1.34. The van der Waals surface area contributed by atoms with Gasteiger partial charge in [0.25, 0.3) is 0 Å². The smallest absolute Gasteiger partial charge is 0.135 e. The summed E-state index contributed by atoms with van der Waals surface area (Å²) < 4.78 is 0. The van der Waals surface area contributed by atoms with Gasteiger partial charge in [0.2, 0.25) is 0 Å². The lowest BCUT2D eigenvalue weighted by Gasteiger charge is -2.15. The Hall–Kier alpha value is -4.43. The van der Waals surface area contributed by atoms with Crippen molar-refractivity contribution < 1.29 is 0 Å². The number of nitriles is 1. The normalized spacial score (nSPS) is 14.9. The van der Waals surface area contributed by atoms with Gasteiger partial charge in [-0.3, -0.25) is 4.98 Å². The van der Waals surface area contributed by atoms with Gasteiger partial charge >= 0.3 is 0 Å². The lowest BCUT2D eigenvalue weighted by Crippen LogP contribution is -2.20. The first-order valence-electron chi connectivity index (χ1n) is 10.9. The number of hydrogen-bond donors (Lipinski definition) is 2. The van der Waals surface area contributed by atoms with Crippen LogP contribution in [0.5, 0.6) is 0 Å². The van der Waals surface area contributed by atoms with E-state index in [1.54, 1.807) is 12.3 Å². The molecule has 0 bridgehead atoms. The lowest BCUT2D eigenvalue weighted by molar-refractivity contribution is 0.764. The molecule has 3 heterocycles. The summed E-state index contributed by atoms with van der Waals surface area (Å²) in [6.07, 6.45) is 9.98. The summed E-state index contributed by atoms with van der Waals surface area (Å²) in [6, 6.07) is 22.6. The molecule has 5 nitrogen and oxygen atoms in total. The molecule has 1 aliphatic rings. The van der Waals surface area contributed by atoms with Gasteiger partial charge in [0.15, 0.2) is 0 Å². The minimum absolute atomic E-state index is 0.341. The van der Waals surface area contributed by atoms with Crippen molar-refractivity contribution in [3.63, 3.8) is 0 Å². The van der Waals surface area contributed by atoms with Gasteiger partial charge in [-0.1, -0.05) is 42.5 Å². The molecule has 0 saturated carbocycles. The van der Waals surface area contributed by atoms with Crippen LogP contribution in [0.4, 0.5) is 5.82 Å². The Kier molecular flexibility index (Phi) is 5.57. The third kappa shape index (κ3) is 4.46. The van der Waals surface area contributed by atoms with E-state index in [1.807, 2.05) is 42.7 Å². The molecule has 4 aromatic rings. The van der Waals surface area contributed by atoms with Crippen LogP contribution in [0.3, 0.4) is 0 Å². The second-order valence-corrected chi connectivity index (χ2v) is 8.10. The molecule has 0 aliphatic carbocycles. The molecule has 5 rings (SSSR count). The van der Waals surface area contributed by atoms with Crippen LogP contribution < -0.4 is 10.6 Å². The van der Waals surface area contributed by atoms with Crippen LogP contribution in [0.15, 0.2) is 91.4 Å². The Bertz CT molecular complexity index is 1410. The van der Waals surface area contributed by atoms with Crippen molar-refractivity contribution in [3.8, 4) is 17.3 Å². The topological polar surface area (TPSA) is 73.6 Å². The fourth-order valence-electron chi connectivity index (χ4n) is 3.97. The predicted octanol–water partition coefficient (Wildman–Crippen LogP) is 5.67. The summed E-state index contributed by atoms with van der Waals surface area (Å²) in [5, 5.41) is 17.9. The first-order valence-corrected chi connectivity index (χ1v) is 10.9. The molecule has 1 unspecified atom stereocenters. The van der Waals surface area contributed by atoms with Gasteiger partial charge in [-0.2, -0.15) is 5.26 Å². The number of hydrogen-bond acceptors (Lipinski definition) is 5. The number of nitrogens with zero attached hydrogens (tertiary/aromatic N) is 3. The van der Waals surface area contributed by atoms with Gasteiger partial charge in [0, 0.05) is 35.9 Å². The monoisotopic (exact) mass is 429 g/mol. The summed E-state index contributed by atoms with van der Waals surface area (Å²) in [5.74, 6) is 0.805. The third-order valence-electron chi connectivity index (χ3n) is 5.74. The number of aromatic nitrogens is 2. The zero-order valence-corrected chi connectivity index (χ0v) is 18.3. The molecule has 5 heteroatoms. The number of fused-ring (bicyclic) bond motifs is 1. The highest BCUT2D eigenvalue weighted by molar-refractivity contribution is 5.93. The molecule has 0 fully saturated rings. The molecule has 0 radical (unpaired) electrons. The van der Waals surface area contributed by atoms with E-state index in [2.05, 4.69) is 70.0 Å². The van der Waals surface area contributed by atoms with Gasteiger partial charge in [0.1, 0.15) is 5.82 Å². The number of anilines is 1. The van der Waals surface area contributed by atoms with Crippen LogP contribution in [-0.2, 0) is 6.54 Å². The predicted molar refractivity (Wildman–Crippen MR) is 133 cm³/mol. The van der Waals surface area contributed by atoms with Gasteiger partial charge in [0.05, 0.1) is 17.3 Å². The second kappa shape index (κ2) is 8.97. The van der Waals surface area contributed by atoms with Crippen molar-refractivity contribution in [3.05, 3.63) is 108 Å². The number of rotatable bonds is 5. The van der Waals surface area contributed by atoms with E-state index in [1.165, 1.54) is 16.7 Å². The quantitative estimate of drug-likeness (QED) is 0.428. The molecule has 0 spiro atoms. The van der Waals surface area contributed by atoms with Gasteiger partial charge in [-0.15, -0.1) is 0 Å². The van der Waals surface area contributed by atoms with Crippen LogP contribution in [0.25, 0.3) is 27.6 Å². The van der Waals surface area contributed by atoms with E-state index < -0.39 is 0 Å². The third-order valence-corrected chi connectivity index (χ3v) is 5.74. The highest BCUT2D eigenvalue weighted by atomic mass is 15.0. The summed E-state index contributed by atoms with van der Waals surface area (Å²) in [4.78, 5) is 9.16. The minimum atomic E-state index is 0.341. The average molecular weight is 430 g/mol. The molecule has 0 saturated heterocycles. The van der Waals surface area contributed by atoms with Crippen LogP contribution in [0.1, 0.15) is 23.6 Å². The van der Waals surface area contributed by atoms with Crippen LogP contribution in [0.2, 0.25) is 0 Å². The molecular formula is C28H23N5. The van der Waals surface area contributed by atoms with Crippen molar-refractivity contribution in [2.45, 2.75) is 19.5 Å². The molecule has 0 amide bonds. The number of pyridine rings is 2. The van der Waals surface area contributed by atoms with Crippen LogP contribution in [0, 0.1) is 11.3 Å². The molecule has 160 valence electrons. The minimum Gasteiger partial charge on any atom is -0.385 e. The molecular weight excluding hydrogens is 406 g/mol. The summed E-state index contributed by atoms with van der Waals surface area (Å²) >= 11 is 0. The summed E-state index contributed by atoms with van der Waals surface area (Å²) in [7, 11) is 0. The fraction of sp³-hybridized carbons (Fsp3) is 0.107. The molecule has 2 N–H and O–H groups in total. The number of benzene rings is 2. The first kappa shape index (κ1) is 20.5. The highest BCUT2D eigenvalue weighted by Gasteiger charge is 2.08. The largest absolute Gasteiger partial charge is 0.385 e. The van der Waals surface area contributed by atoms with Gasteiger partial charge in [-0.25, -0.2) is 4.98 Å². The Morgan fingerprint density at radius 2 is 1.91 bits per heavy atom. The second-order valence-electron chi connectivity index (χ2n) is 8.10. The molecule has 2 aromatic carbocycles. The van der Waals surface area contributed by atoms with E-state index in [0.717, 1.165) is 27.8 Å². The van der Waals surface area contributed by atoms with E-state index in [4.69, 9.17) is 5.26 Å². The zero-order chi connectivity index (χ0) is 22.6. The molecule has 2 aromatic heterocycles. The van der Waals surface area contributed by atoms with E-state index in [-0.39, 0.29) is 0 Å². The van der Waals surface area contributed by atoms with E-state index in [0.29, 0.717) is 18.2 Å². The lowest BCUT2D eigenvalue weighted by atomic mass is 10.0.